The van der Waals surface area contributed by atoms with Crippen LogP contribution in [0.1, 0.15) is 33.6 Å². The maximum Gasteiger partial charge on any atom is 0.0711 e. The molecule has 13 heavy (non-hydrogen) atoms. The first-order valence-corrected chi connectivity index (χ1v) is 4.90. The zero-order valence-corrected chi connectivity index (χ0v) is 9.75. The highest BCUT2D eigenvalue weighted by Gasteiger charge is 2.16. The van der Waals surface area contributed by atoms with E-state index in [0.29, 0.717) is 11.5 Å². The topological polar surface area (TPSA) is 21.3 Å². The van der Waals surface area contributed by atoms with Gasteiger partial charge >= 0.3 is 0 Å². The Morgan fingerprint density at radius 2 is 2.08 bits per heavy atom. The SMILES string of the molecule is CC(C)(C)CCO[C@H]1CCNC1.Cl. The van der Waals surface area contributed by atoms with Gasteiger partial charge in [0.2, 0.25) is 0 Å². The van der Waals surface area contributed by atoms with Crippen LogP contribution in [0.25, 0.3) is 0 Å². The highest BCUT2D eigenvalue weighted by molar-refractivity contribution is 5.85. The first kappa shape index (κ1) is 13.2. The van der Waals surface area contributed by atoms with E-state index in [-0.39, 0.29) is 12.4 Å². The lowest BCUT2D eigenvalue weighted by Crippen LogP contribution is -2.19. The van der Waals surface area contributed by atoms with E-state index in [2.05, 4.69) is 26.1 Å². The highest BCUT2D eigenvalue weighted by Crippen LogP contribution is 2.18. The van der Waals surface area contributed by atoms with E-state index in [1.54, 1.807) is 0 Å². The van der Waals surface area contributed by atoms with Gasteiger partial charge in [-0.25, -0.2) is 0 Å². The molecule has 1 heterocycles. The molecule has 1 aliphatic rings. The lowest BCUT2D eigenvalue weighted by molar-refractivity contribution is 0.0501. The molecule has 1 rings (SSSR count). The Hall–Kier alpha value is 0.210. The maximum atomic E-state index is 5.72. The molecule has 1 atom stereocenters. The first-order chi connectivity index (χ1) is 5.58. The highest BCUT2D eigenvalue weighted by atomic mass is 35.5. The molecule has 0 bridgehead atoms. The summed E-state index contributed by atoms with van der Waals surface area (Å²) < 4.78 is 5.72. The van der Waals surface area contributed by atoms with Gasteiger partial charge in [0, 0.05) is 13.2 Å². The fourth-order valence-corrected chi connectivity index (χ4v) is 1.30. The molecule has 0 saturated carbocycles. The summed E-state index contributed by atoms with van der Waals surface area (Å²) in [5.74, 6) is 0. The third-order valence-corrected chi connectivity index (χ3v) is 2.22. The zero-order chi connectivity index (χ0) is 9.03. The maximum absolute atomic E-state index is 5.72. The second kappa shape index (κ2) is 5.84. The molecule has 1 aliphatic heterocycles. The van der Waals surface area contributed by atoms with Gasteiger partial charge < -0.3 is 10.1 Å². The molecule has 0 unspecified atom stereocenters. The summed E-state index contributed by atoms with van der Waals surface area (Å²) in [5, 5.41) is 3.29. The average Bonchev–Trinajstić information content (AvgIpc) is 2.36. The van der Waals surface area contributed by atoms with Crippen molar-refractivity contribution in [3.8, 4) is 0 Å². The largest absolute Gasteiger partial charge is 0.377 e. The van der Waals surface area contributed by atoms with Crippen molar-refractivity contribution >= 4 is 12.4 Å². The Bertz CT molecular complexity index is 127. The Balaban J connectivity index is 0.00000144. The molecule has 1 saturated heterocycles. The van der Waals surface area contributed by atoms with Gasteiger partial charge in [-0.05, 0) is 24.8 Å². The van der Waals surface area contributed by atoms with Gasteiger partial charge in [-0.3, -0.25) is 0 Å². The summed E-state index contributed by atoms with van der Waals surface area (Å²) in [7, 11) is 0. The fraction of sp³-hybridized carbons (Fsp3) is 1.00. The first-order valence-electron chi connectivity index (χ1n) is 4.90. The molecule has 1 fully saturated rings. The predicted molar refractivity (Wildman–Crippen MR) is 58.5 cm³/mol. The molecule has 0 aromatic rings. The summed E-state index contributed by atoms with van der Waals surface area (Å²) >= 11 is 0. The summed E-state index contributed by atoms with van der Waals surface area (Å²) in [5.41, 5.74) is 0.409. The van der Waals surface area contributed by atoms with Crippen LogP contribution in [0.15, 0.2) is 0 Å². The molecule has 0 radical (unpaired) electrons. The Morgan fingerprint density at radius 3 is 2.54 bits per heavy atom. The summed E-state index contributed by atoms with van der Waals surface area (Å²) in [6.07, 6.45) is 2.82. The summed E-state index contributed by atoms with van der Waals surface area (Å²) in [6.45, 7) is 9.84. The van der Waals surface area contributed by atoms with Crippen molar-refractivity contribution < 1.29 is 4.74 Å². The predicted octanol–water partition coefficient (Wildman–Crippen LogP) is 2.22. The number of nitrogens with one attached hydrogen (secondary N) is 1. The molecule has 0 aromatic carbocycles. The molecule has 0 spiro atoms. The van der Waals surface area contributed by atoms with Gasteiger partial charge in [-0.15, -0.1) is 12.4 Å². The van der Waals surface area contributed by atoms with Crippen molar-refractivity contribution in [2.45, 2.75) is 39.7 Å². The minimum absolute atomic E-state index is 0. The van der Waals surface area contributed by atoms with Crippen LogP contribution in [0.4, 0.5) is 0 Å². The lowest BCUT2D eigenvalue weighted by atomic mass is 9.93. The van der Waals surface area contributed by atoms with Gasteiger partial charge in [-0.2, -0.15) is 0 Å². The standard InChI is InChI=1S/C10H21NO.ClH/c1-10(2,3)5-7-12-9-4-6-11-8-9;/h9,11H,4-8H2,1-3H3;1H/t9-;/m0./s1. The van der Waals surface area contributed by atoms with Crippen LogP contribution < -0.4 is 5.32 Å². The third kappa shape index (κ3) is 6.30. The van der Waals surface area contributed by atoms with Crippen LogP contribution >= 0.6 is 12.4 Å². The number of rotatable bonds is 3. The van der Waals surface area contributed by atoms with Crippen molar-refractivity contribution in [2.75, 3.05) is 19.7 Å². The number of hydrogen-bond donors (Lipinski definition) is 1. The molecule has 3 heteroatoms. The summed E-state index contributed by atoms with van der Waals surface area (Å²) in [4.78, 5) is 0. The van der Waals surface area contributed by atoms with Crippen LogP contribution in [0.2, 0.25) is 0 Å². The molecule has 0 aromatic heterocycles. The smallest absolute Gasteiger partial charge is 0.0711 e. The molecular weight excluding hydrogens is 186 g/mol. The van der Waals surface area contributed by atoms with E-state index in [4.69, 9.17) is 4.74 Å². The number of ether oxygens (including phenoxy) is 1. The van der Waals surface area contributed by atoms with Crippen molar-refractivity contribution in [3.63, 3.8) is 0 Å². The third-order valence-electron chi connectivity index (χ3n) is 2.22. The van der Waals surface area contributed by atoms with Gasteiger partial charge in [0.15, 0.2) is 0 Å². The van der Waals surface area contributed by atoms with Crippen molar-refractivity contribution in [1.29, 1.82) is 0 Å². The van der Waals surface area contributed by atoms with Gasteiger partial charge in [0.05, 0.1) is 6.10 Å². The summed E-state index contributed by atoms with van der Waals surface area (Å²) in [6, 6.07) is 0. The number of halogens is 1. The molecule has 0 amide bonds. The van der Waals surface area contributed by atoms with E-state index in [0.717, 1.165) is 26.1 Å². The molecule has 80 valence electrons. The molecular formula is C10H22ClNO. The molecule has 0 aliphatic carbocycles. The minimum atomic E-state index is 0. The number of hydrogen-bond acceptors (Lipinski definition) is 2. The van der Waals surface area contributed by atoms with Crippen LogP contribution in [0, 0.1) is 5.41 Å². The minimum Gasteiger partial charge on any atom is -0.377 e. The van der Waals surface area contributed by atoms with E-state index in [1.165, 1.54) is 6.42 Å². The van der Waals surface area contributed by atoms with Crippen molar-refractivity contribution in [1.82, 2.24) is 5.32 Å². The molecule has 2 nitrogen and oxygen atoms in total. The van der Waals surface area contributed by atoms with E-state index < -0.39 is 0 Å². The second-order valence-corrected chi connectivity index (χ2v) is 4.80. The lowest BCUT2D eigenvalue weighted by Gasteiger charge is -2.19. The van der Waals surface area contributed by atoms with E-state index >= 15 is 0 Å². The molecule has 1 N–H and O–H groups in total. The van der Waals surface area contributed by atoms with Gasteiger partial charge in [0.25, 0.3) is 0 Å². The quantitative estimate of drug-likeness (QED) is 0.767. The average molecular weight is 208 g/mol. The fourth-order valence-electron chi connectivity index (χ4n) is 1.30. The van der Waals surface area contributed by atoms with Crippen molar-refractivity contribution in [2.24, 2.45) is 5.41 Å². The Kier molecular flexibility index (Phi) is 5.93. The van der Waals surface area contributed by atoms with E-state index in [1.807, 2.05) is 0 Å². The Morgan fingerprint density at radius 1 is 1.38 bits per heavy atom. The second-order valence-electron chi connectivity index (χ2n) is 4.80. The van der Waals surface area contributed by atoms with Gasteiger partial charge in [0.1, 0.15) is 0 Å². The van der Waals surface area contributed by atoms with Crippen LogP contribution in [0.3, 0.4) is 0 Å². The van der Waals surface area contributed by atoms with Crippen LogP contribution in [-0.2, 0) is 4.74 Å². The van der Waals surface area contributed by atoms with Crippen LogP contribution in [-0.4, -0.2) is 25.8 Å². The van der Waals surface area contributed by atoms with E-state index in [9.17, 15) is 0 Å². The van der Waals surface area contributed by atoms with Crippen molar-refractivity contribution in [3.05, 3.63) is 0 Å². The Labute approximate surface area is 87.8 Å². The zero-order valence-electron chi connectivity index (χ0n) is 8.93. The monoisotopic (exact) mass is 207 g/mol. The normalized spacial score (nSPS) is 22.8. The van der Waals surface area contributed by atoms with Gasteiger partial charge in [-0.1, -0.05) is 20.8 Å². The van der Waals surface area contributed by atoms with Crippen LogP contribution in [0.5, 0.6) is 0 Å².